The zero-order chi connectivity index (χ0) is 45.8. The molecule has 0 atom stereocenters. The van der Waals surface area contributed by atoms with Crippen LogP contribution in [0.4, 0.5) is 4.39 Å². The summed E-state index contributed by atoms with van der Waals surface area (Å²) in [6.45, 7) is 0. The molecule has 13 rings (SSSR count). The topological polar surface area (TPSA) is 48.5 Å². The zero-order valence-corrected chi connectivity index (χ0v) is 37.2. The molecule has 0 radical (unpaired) electrons. The van der Waals surface area contributed by atoms with Crippen LogP contribution in [0.1, 0.15) is 0 Å². The number of hydrogen-bond donors (Lipinski definition) is 0. The molecule has 0 bridgehead atoms. The fourth-order valence-corrected chi connectivity index (χ4v) is 9.87. The Labute approximate surface area is 397 Å². The minimum atomic E-state index is -0.241. The molecule has 3 heterocycles. The number of rotatable bonds is 8. The molecule has 324 valence electrons. The van der Waals surface area contributed by atoms with Crippen molar-refractivity contribution in [3.05, 3.63) is 248 Å². The second kappa shape index (κ2) is 16.6. The normalized spacial score (nSPS) is 11.6. The number of aromatic nitrogens is 5. The van der Waals surface area contributed by atoms with E-state index in [-0.39, 0.29) is 5.82 Å². The van der Waals surface area contributed by atoms with Crippen molar-refractivity contribution in [2.45, 2.75) is 0 Å². The maximum absolute atomic E-state index is 14.7. The lowest BCUT2D eigenvalue weighted by atomic mass is 9.98. The van der Waals surface area contributed by atoms with Gasteiger partial charge < -0.3 is 9.13 Å². The monoisotopic (exact) mass is 885 g/mol. The van der Waals surface area contributed by atoms with Crippen LogP contribution in [0.3, 0.4) is 0 Å². The van der Waals surface area contributed by atoms with Crippen LogP contribution in [0.5, 0.6) is 0 Å². The van der Waals surface area contributed by atoms with Gasteiger partial charge in [0.25, 0.3) is 0 Å². The molecule has 69 heavy (non-hydrogen) atoms. The van der Waals surface area contributed by atoms with Crippen LogP contribution in [0.2, 0.25) is 0 Å². The van der Waals surface area contributed by atoms with Crippen molar-refractivity contribution in [1.82, 2.24) is 24.1 Å². The molecular formula is C63H40FN5. The SMILES string of the molecule is Fc1ccc2c(c1)c1cc(-c3ccc(-c4ccc5c(c4)c4ccccc4n5-c4ccc(-c5ccc(-c6nc(-c7ccccc7)nc(-c7ccccc7)n6)cc5)cc4)cc3)ccc1n2-c1ccccc1. The number of hydrogen-bond acceptors (Lipinski definition) is 3. The predicted molar refractivity (Wildman–Crippen MR) is 281 cm³/mol. The van der Waals surface area contributed by atoms with Crippen molar-refractivity contribution in [3.63, 3.8) is 0 Å². The van der Waals surface area contributed by atoms with Crippen LogP contribution in [0.25, 0.3) is 123 Å². The van der Waals surface area contributed by atoms with Gasteiger partial charge in [-0.25, -0.2) is 19.3 Å². The predicted octanol–water partition coefficient (Wildman–Crippen LogP) is 16.2. The number of halogens is 1. The van der Waals surface area contributed by atoms with Gasteiger partial charge in [0.1, 0.15) is 5.82 Å². The summed E-state index contributed by atoms with van der Waals surface area (Å²) < 4.78 is 19.2. The maximum atomic E-state index is 14.7. The molecule has 13 aromatic rings. The van der Waals surface area contributed by atoms with Crippen LogP contribution in [0, 0.1) is 5.82 Å². The van der Waals surface area contributed by atoms with E-state index in [9.17, 15) is 4.39 Å². The van der Waals surface area contributed by atoms with E-state index in [4.69, 9.17) is 15.0 Å². The van der Waals surface area contributed by atoms with Crippen LogP contribution < -0.4 is 0 Å². The summed E-state index contributed by atoms with van der Waals surface area (Å²) in [6, 6.07) is 83.4. The Morgan fingerprint density at radius 3 is 1.10 bits per heavy atom. The molecule has 0 N–H and O–H groups in total. The third-order valence-electron chi connectivity index (χ3n) is 13.3. The first-order valence-corrected chi connectivity index (χ1v) is 23.1. The number of benzene rings is 10. The largest absolute Gasteiger partial charge is 0.309 e. The molecule has 0 aliphatic rings. The molecule has 3 aromatic heterocycles. The summed E-state index contributed by atoms with van der Waals surface area (Å²) in [6.07, 6.45) is 0. The van der Waals surface area contributed by atoms with Crippen LogP contribution in [0.15, 0.2) is 243 Å². The number of nitrogens with zero attached hydrogens (tertiary/aromatic N) is 5. The smallest absolute Gasteiger partial charge is 0.164 e. The van der Waals surface area contributed by atoms with Gasteiger partial charge in [-0.1, -0.05) is 170 Å². The third-order valence-corrected chi connectivity index (χ3v) is 13.3. The van der Waals surface area contributed by atoms with Crippen molar-refractivity contribution < 1.29 is 4.39 Å². The third kappa shape index (κ3) is 7.14. The minimum absolute atomic E-state index is 0.241. The van der Waals surface area contributed by atoms with Crippen molar-refractivity contribution in [1.29, 1.82) is 0 Å². The Kier molecular flexibility index (Phi) is 9.61. The first-order valence-electron chi connectivity index (χ1n) is 23.1. The van der Waals surface area contributed by atoms with Crippen LogP contribution in [-0.2, 0) is 0 Å². The van der Waals surface area contributed by atoms with E-state index in [1.165, 1.54) is 16.8 Å². The summed E-state index contributed by atoms with van der Waals surface area (Å²) in [5.41, 5.74) is 16.0. The molecule has 0 aliphatic carbocycles. The average molecular weight is 886 g/mol. The van der Waals surface area contributed by atoms with E-state index in [0.29, 0.717) is 17.5 Å². The summed E-state index contributed by atoms with van der Waals surface area (Å²) in [7, 11) is 0. The highest BCUT2D eigenvalue weighted by atomic mass is 19.1. The van der Waals surface area contributed by atoms with Gasteiger partial charge in [-0.05, 0) is 106 Å². The average Bonchev–Trinajstić information content (AvgIpc) is 3.93. The Bertz CT molecular complexity index is 3970. The Balaban J connectivity index is 0.795. The molecule has 5 nitrogen and oxygen atoms in total. The number of fused-ring (bicyclic) bond motifs is 6. The van der Waals surface area contributed by atoms with E-state index >= 15 is 0 Å². The van der Waals surface area contributed by atoms with Crippen LogP contribution in [-0.4, -0.2) is 24.1 Å². The van der Waals surface area contributed by atoms with Gasteiger partial charge in [0.15, 0.2) is 17.5 Å². The van der Waals surface area contributed by atoms with Gasteiger partial charge in [0, 0.05) is 49.6 Å². The minimum Gasteiger partial charge on any atom is -0.309 e. The van der Waals surface area contributed by atoms with Gasteiger partial charge in [-0.2, -0.15) is 0 Å². The second-order valence-electron chi connectivity index (χ2n) is 17.4. The van der Waals surface area contributed by atoms with E-state index in [1.54, 1.807) is 6.07 Å². The maximum Gasteiger partial charge on any atom is 0.164 e. The lowest BCUT2D eigenvalue weighted by Gasteiger charge is -2.11. The molecule has 0 saturated carbocycles. The molecule has 0 unspecified atom stereocenters. The Morgan fingerprint density at radius 1 is 0.246 bits per heavy atom. The van der Waals surface area contributed by atoms with Gasteiger partial charge in [0.05, 0.1) is 22.1 Å². The molecule has 0 saturated heterocycles. The molecule has 6 heteroatoms. The van der Waals surface area contributed by atoms with Crippen molar-refractivity contribution >= 4 is 43.6 Å². The molecule has 10 aromatic carbocycles. The lowest BCUT2D eigenvalue weighted by Crippen LogP contribution is -2.00. The summed E-state index contributed by atoms with van der Waals surface area (Å²) >= 11 is 0. The van der Waals surface area contributed by atoms with Gasteiger partial charge >= 0.3 is 0 Å². The van der Waals surface area contributed by atoms with Gasteiger partial charge in [-0.15, -0.1) is 0 Å². The van der Waals surface area contributed by atoms with Crippen molar-refractivity contribution in [3.8, 4) is 78.9 Å². The second-order valence-corrected chi connectivity index (χ2v) is 17.4. The van der Waals surface area contributed by atoms with E-state index in [2.05, 4.69) is 155 Å². The molecule has 0 aliphatic heterocycles. The Morgan fingerprint density at radius 2 is 0.580 bits per heavy atom. The molecule has 0 amide bonds. The van der Waals surface area contributed by atoms with Crippen molar-refractivity contribution in [2.75, 3.05) is 0 Å². The molecule has 0 fully saturated rings. The highest BCUT2D eigenvalue weighted by Gasteiger charge is 2.17. The fraction of sp³-hybridized carbons (Fsp3) is 0. The quantitative estimate of drug-likeness (QED) is 0.153. The number of para-hydroxylation sites is 2. The first-order chi connectivity index (χ1) is 34.1. The van der Waals surface area contributed by atoms with E-state index in [1.807, 2.05) is 84.9 Å². The van der Waals surface area contributed by atoms with Gasteiger partial charge in [0.2, 0.25) is 0 Å². The lowest BCUT2D eigenvalue weighted by molar-refractivity contribution is 0.629. The van der Waals surface area contributed by atoms with Crippen molar-refractivity contribution in [2.24, 2.45) is 0 Å². The Hall–Kier alpha value is -9.26. The standard InChI is InChI=1S/C63H40FN5/c64-50-32-37-60-56(40-50)55-39-49(31-36-59(55)68(60)51-16-8-3-9-17-51)44-22-20-43(21-23-44)48-30-35-58-54(38-48)53-18-10-11-19-57(53)69(58)52-33-28-42(29-34-52)41-24-26-47(27-25-41)63-66-61(45-12-4-1-5-13-45)65-62(67-63)46-14-6-2-7-15-46/h1-40H. The zero-order valence-electron chi connectivity index (χ0n) is 37.2. The summed E-state index contributed by atoms with van der Waals surface area (Å²) in [5, 5.41) is 4.32. The molecular weight excluding hydrogens is 846 g/mol. The van der Waals surface area contributed by atoms with E-state index in [0.717, 1.165) is 94.3 Å². The molecule has 0 spiro atoms. The highest BCUT2D eigenvalue weighted by molar-refractivity contribution is 6.11. The van der Waals surface area contributed by atoms with Crippen LogP contribution >= 0.6 is 0 Å². The fourth-order valence-electron chi connectivity index (χ4n) is 9.87. The van der Waals surface area contributed by atoms with E-state index < -0.39 is 0 Å². The highest BCUT2D eigenvalue weighted by Crippen LogP contribution is 2.38. The summed E-state index contributed by atoms with van der Waals surface area (Å²) in [5.74, 6) is 1.68. The summed E-state index contributed by atoms with van der Waals surface area (Å²) in [4.78, 5) is 14.7. The first kappa shape index (κ1) is 40.1. The van der Waals surface area contributed by atoms with Gasteiger partial charge in [-0.3, -0.25) is 0 Å².